The predicted octanol–water partition coefficient (Wildman–Crippen LogP) is 1.95. The van der Waals surface area contributed by atoms with Gasteiger partial charge in [-0.2, -0.15) is 5.26 Å². The molecule has 0 bridgehead atoms. The Morgan fingerprint density at radius 2 is 2.33 bits per heavy atom. The van der Waals surface area contributed by atoms with E-state index in [2.05, 4.69) is 23.3 Å². The summed E-state index contributed by atoms with van der Waals surface area (Å²) in [5.41, 5.74) is 2.01. The highest BCUT2D eigenvalue weighted by molar-refractivity contribution is 5.21. The fourth-order valence-corrected chi connectivity index (χ4v) is 2.47. The average Bonchev–Trinajstić information content (AvgIpc) is 2.69. The lowest BCUT2D eigenvalue weighted by atomic mass is 9.81. The third-order valence-electron chi connectivity index (χ3n) is 3.74. The van der Waals surface area contributed by atoms with Crippen LogP contribution >= 0.6 is 0 Å². The van der Waals surface area contributed by atoms with E-state index in [4.69, 9.17) is 10.4 Å². The zero-order valence-corrected chi connectivity index (χ0v) is 10.8. The maximum Gasteiger partial charge on any atom is 0.100 e. The smallest absolute Gasteiger partial charge is 0.100 e. The average molecular weight is 248 g/mol. The zero-order valence-electron chi connectivity index (χ0n) is 10.8. The lowest BCUT2D eigenvalue weighted by molar-refractivity contribution is 0.267. The van der Waals surface area contributed by atoms with Crippen LogP contribution in [0.3, 0.4) is 0 Å². The monoisotopic (exact) mass is 248 g/mol. The van der Waals surface area contributed by atoms with Crippen LogP contribution in [0.4, 0.5) is 0 Å². The van der Waals surface area contributed by atoms with E-state index in [0.717, 1.165) is 24.2 Å². The van der Waals surface area contributed by atoms with Crippen LogP contribution in [0.15, 0.2) is 0 Å². The first-order chi connectivity index (χ1) is 8.77. The molecule has 1 aromatic heterocycles. The molecule has 1 unspecified atom stereocenters. The molecule has 0 aliphatic heterocycles. The van der Waals surface area contributed by atoms with Crippen molar-refractivity contribution in [2.24, 2.45) is 0 Å². The van der Waals surface area contributed by atoms with Crippen LogP contribution in [0.2, 0.25) is 0 Å². The quantitative estimate of drug-likeness (QED) is 0.834. The second-order valence-electron chi connectivity index (χ2n) is 5.04. The topological polar surface area (TPSA) is 74.7 Å². The fraction of sp³-hybridized carbons (Fsp3) is 0.769. The maximum absolute atomic E-state index is 8.90. The number of aromatic nitrogens is 3. The molecule has 0 radical (unpaired) electrons. The summed E-state index contributed by atoms with van der Waals surface area (Å²) in [6.45, 7) is 2.31. The van der Waals surface area contributed by atoms with E-state index >= 15 is 0 Å². The molecule has 1 aromatic rings. The minimum absolute atomic E-state index is 0.211. The molecule has 1 heterocycles. The van der Waals surface area contributed by atoms with Gasteiger partial charge in [0.15, 0.2) is 0 Å². The summed E-state index contributed by atoms with van der Waals surface area (Å²) in [7, 11) is 0. The summed E-state index contributed by atoms with van der Waals surface area (Å²) in [5, 5.41) is 26.1. The number of rotatable bonds is 6. The Hall–Kier alpha value is -1.41. The van der Waals surface area contributed by atoms with Gasteiger partial charge in [-0.15, -0.1) is 5.10 Å². The first kappa shape index (κ1) is 13.0. The molecule has 0 spiro atoms. The lowest BCUT2D eigenvalue weighted by Crippen LogP contribution is -2.19. The lowest BCUT2D eigenvalue weighted by Gasteiger charge is -2.28. The fourth-order valence-electron chi connectivity index (χ4n) is 2.47. The molecule has 1 aliphatic carbocycles. The molecule has 1 aliphatic rings. The van der Waals surface area contributed by atoms with E-state index in [1.165, 1.54) is 19.3 Å². The van der Waals surface area contributed by atoms with Gasteiger partial charge in [0.25, 0.3) is 0 Å². The molecule has 5 heteroatoms. The van der Waals surface area contributed by atoms with Gasteiger partial charge < -0.3 is 5.11 Å². The minimum Gasteiger partial charge on any atom is -0.396 e. The highest BCUT2D eigenvalue weighted by Crippen LogP contribution is 2.38. The molecule has 18 heavy (non-hydrogen) atoms. The Bertz CT molecular complexity index is 431. The predicted molar refractivity (Wildman–Crippen MR) is 67.0 cm³/mol. The van der Waals surface area contributed by atoms with E-state index in [9.17, 15) is 0 Å². The van der Waals surface area contributed by atoms with Crippen LogP contribution in [-0.2, 0) is 6.42 Å². The molecular weight excluding hydrogens is 228 g/mol. The zero-order chi connectivity index (χ0) is 13.0. The van der Waals surface area contributed by atoms with Crippen LogP contribution in [-0.4, -0.2) is 26.7 Å². The molecule has 1 atom stereocenters. The van der Waals surface area contributed by atoms with Crippen molar-refractivity contribution in [1.82, 2.24) is 15.0 Å². The molecule has 1 N–H and O–H groups in total. The van der Waals surface area contributed by atoms with E-state index in [1.54, 1.807) is 0 Å². The maximum atomic E-state index is 8.90. The van der Waals surface area contributed by atoms with Crippen LogP contribution in [0, 0.1) is 11.3 Å². The Kier molecular flexibility index (Phi) is 4.32. The highest BCUT2D eigenvalue weighted by atomic mass is 16.2. The van der Waals surface area contributed by atoms with Gasteiger partial charge in [-0.05, 0) is 32.6 Å². The number of nitriles is 1. The van der Waals surface area contributed by atoms with Crippen molar-refractivity contribution in [2.75, 3.05) is 6.61 Å². The van der Waals surface area contributed by atoms with Gasteiger partial charge in [0.1, 0.15) is 5.69 Å². The highest BCUT2D eigenvalue weighted by Gasteiger charge is 2.28. The molecular formula is C13H20N4O. The molecule has 0 amide bonds. The summed E-state index contributed by atoms with van der Waals surface area (Å²) >= 11 is 0. The number of aliphatic hydroxyl groups excluding tert-OH is 1. The summed E-state index contributed by atoms with van der Waals surface area (Å²) < 4.78 is 1.98. The molecule has 0 saturated heterocycles. The van der Waals surface area contributed by atoms with Crippen LogP contribution < -0.4 is 0 Å². The largest absolute Gasteiger partial charge is 0.396 e. The number of aliphatic hydroxyl groups is 1. The first-order valence-corrected chi connectivity index (χ1v) is 6.69. The summed E-state index contributed by atoms with van der Waals surface area (Å²) in [6, 6.07) is 2.41. The third kappa shape index (κ3) is 2.54. The van der Waals surface area contributed by atoms with Gasteiger partial charge in [-0.25, -0.2) is 4.68 Å². The molecule has 98 valence electrons. The first-order valence-electron chi connectivity index (χ1n) is 6.69. The van der Waals surface area contributed by atoms with E-state index in [-0.39, 0.29) is 12.6 Å². The van der Waals surface area contributed by atoms with Crippen LogP contribution in [0.5, 0.6) is 0 Å². The van der Waals surface area contributed by atoms with E-state index in [0.29, 0.717) is 12.3 Å². The van der Waals surface area contributed by atoms with Crippen molar-refractivity contribution >= 4 is 0 Å². The molecule has 0 aromatic carbocycles. The van der Waals surface area contributed by atoms with Gasteiger partial charge in [0.05, 0.1) is 24.2 Å². The van der Waals surface area contributed by atoms with E-state index in [1.807, 2.05) is 4.68 Å². The Morgan fingerprint density at radius 3 is 2.89 bits per heavy atom. The van der Waals surface area contributed by atoms with Gasteiger partial charge in [0.2, 0.25) is 0 Å². The standard InChI is InChI=1S/C13H20N4O/c1-10(4-3-9-18)17-13(11-5-2-6-11)12(7-8-14)15-16-17/h10-11,18H,2-7,9H2,1H3. The van der Waals surface area contributed by atoms with Gasteiger partial charge in [-0.3, -0.25) is 0 Å². The van der Waals surface area contributed by atoms with Crippen LogP contribution in [0.1, 0.15) is 62.4 Å². The van der Waals surface area contributed by atoms with Crippen molar-refractivity contribution in [2.45, 2.75) is 57.4 Å². The SMILES string of the molecule is CC(CCCO)n1nnc(CC#N)c1C1CCC1. The molecule has 2 rings (SSSR count). The number of hydrogen-bond acceptors (Lipinski definition) is 4. The van der Waals surface area contributed by atoms with Gasteiger partial charge in [0, 0.05) is 12.5 Å². The van der Waals surface area contributed by atoms with Crippen molar-refractivity contribution in [3.8, 4) is 6.07 Å². The number of nitrogens with zero attached hydrogens (tertiary/aromatic N) is 4. The summed E-state index contributed by atoms with van der Waals surface area (Å²) in [5.74, 6) is 0.528. The Balaban J connectivity index is 2.20. The summed E-state index contributed by atoms with van der Waals surface area (Å²) in [6.07, 6.45) is 5.63. The van der Waals surface area contributed by atoms with Gasteiger partial charge in [-0.1, -0.05) is 11.6 Å². The molecule has 1 fully saturated rings. The second-order valence-corrected chi connectivity index (χ2v) is 5.04. The third-order valence-corrected chi connectivity index (χ3v) is 3.74. The van der Waals surface area contributed by atoms with Crippen molar-refractivity contribution < 1.29 is 5.11 Å². The van der Waals surface area contributed by atoms with Crippen LogP contribution in [0.25, 0.3) is 0 Å². The Labute approximate surface area is 107 Å². The molecule has 1 saturated carbocycles. The number of hydrogen-bond donors (Lipinski definition) is 1. The minimum atomic E-state index is 0.211. The van der Waals surface area contributed by atoms with Crippen molar-refractivity contribution in [3.05, 3.63) is 11.4 Å². The normalized spacial score (nSPS) is 17.2. The van der Waals surface area contributed by atoms with Crippen molar-refractivity contribution in [1.29, 1.82) is 5.26 Å². The van der Waals surface area contributed by atoms with Gasteiger partial charge >= 0.3 is 0 Å². The van der Waals surface area contributed by atoms with Crippen molar-refractivity contribution in [3.63, 3.8) is 0 Å². The second kappa shape index (κ2) is 5.96. The molecule has 5 nitrogen and oxygen atoms in total. The summed E-state index contributed by atoms with van der Waals surface area (Å²) in [4.78, 5) is 0. The van der Waals surface area contributed by atoms with E-state index < -0.39 is 0 Å². The Morgan fingerprint density at radius 1 is 1.56 bits per heavy atom.